The first-order valence-electron chi connectivity index (χ1n) is 5.50. The van der Waals surface area contributed by atoms with Crippen LogP contribution in [0.1, 0.15) is 5.56 Å². The lowest BCUT2D eigenvalue weighted by Crippen LogP contribution is -2.14. The van der Waals surface area contributed by atoms with Crippen LogP contribution in [0.3, 0.4) is 0 Å². The molecular formula is C14H15FN2. The van der Waals surface area contributed by atoms with Crippen LogP contribution in [0.25, 0.3) is 0 Å². The van der Waals surface area contributed by atoms with Crippen LogP contribution in [0, 0.1) is 5.82 Å². The van der Waals surface area contributed by atoms with E-state index in [9.17, 15) is 4.39 Å². The molecule has 17 heavy (non-hydrogen) atoms. The molecule has 0 aliphatic carbocycles. The van der Waals surface area contributed by atoms with Gasteiger partial charge in [-0.15, -0.1) is 0 Å². The molecule has 0 unspecified atom stereocenters. The summed E-state index contributed by atoms with van der Waals surface area (Å²) in [5.41, 5.74) is 8.16. The topological polar surface area (TPSA) is 29.3 Å². The van der Waals surface area contributed by atoms with Crippen molar-refractivity contribution in [2.24, 2.45) is 5.73 Å². The van der Waals surface area contributed by atoms with E-state index in [1.165, 1.54) is 6.07 Å². The third-order valence-electron chi connectivity index (χ3n) is 2.79. The molecular weight excluding hydrogens is 215 g/mol. The Bertz CT molecular complexity index is 511. The zero-order valence-electron chi connectivity index (χ0n) is 9.73. The summed E-state index contributed by atoms with van der Waals surface area (Å²) in [7, 11) is 1.84. The average Bonchev–Trinajstić information content (AvgIpc) is 2.38. The van der Waals surface area contributed by atoms with Gasteiger partial charge in [0.1, 0.15) is 5.82 Å². The van der Waals surface area contributed by atoms with Crippen LogP contribution in [0.2, 0.25) is 0 Å². The smallest absolute Gasteiger partial charge is 0.146 e. The molecule has 0 saturated carbocycles. The highest BCUT2D eigenvalue weighted by Crippen LogP contribution is 2.28. The maximum Gasteiger partial charge on any atom is 0.146 e. The summed E-state index contributed by atoms with van der Waals surface area (Å²) in [6, 6.07) is 14.5. The number of benzene rings is 2. The molecule has 0 aromatic heterocycles. The maximum absolute atomic E-state index is 13.7. The van der Waals surface area contributed by atoms with Gasteiger partial charge in [-0.1, -0.05) is 30.3 Å². The molecule has 0 radical (unpaired) electrons. The molecule has 2 nitrogen and oxygen atoms in total. The van der Waals surface area contributed by atoms with Gasteiger partial charge in [-0.2, -0.15) is 0 Å². The summed E-state index contributed by atoms with van der Waals surface area (Å²) in [5, 5.41) is 0. The largest absolute Gasteiger partial charge is 0.342 e. The molecule has 0 spiro atoms. The molecule has 2 N–H and O–H groups in total. The minimum atomic E-state index is -0.234. The van der Waals surface area contributed by atoms with Gasteiger partial charge in [0.15, 0.2) is 0 Å². The Hall–Kier alpha value is -1.87. The van der Waals surface area contributed by atoms with Crippen LogP contribution in [-0.4, -0.2) is 7.05 Å². The summed E-state index contributed by atoms with van der Waals surface area (Å²) in [4.78, 5) is 1.82. The highest BCUT2D eigenvalue weighted by Gasteiger charge is 2.10. The second-order valence-electron chi connectivity index (χ2n) is 3.84. The van der Waals surface area contributed by atoms with E-state index >= 15 is 0 Å². The van der Waals surface area contributed by atoms with Crippen molar-refractivity contribution in [2.75, 3.05) is 11.9 Å². The number of nitrogens with zero attached hydrogens (tertiary/aromatic N) is 1. The van der Waals surface area contributed by atoms with E-state index < -0.39 is 0 Å². The number of nitrogens with two attached hydrogens (primary N) is 1. The van der Waals surface area contributed by atoms with Gasteiger partial charge in [0, 0.05) is 19.3 Å². The summed E-state index contributed by atoms with van der Waals surface area (Å²) in [5.74, 6) is -0.234. The van der Waals surface area contributed by atoms with Gasteiger partial charge in [-0.3, -0.25) is 0 Å². The standard InChI is InChI=1S/C14H15FN2/c1-17(14-9-5-3-7-12(14)15)13-8-4-2-6-11(13)10-16/h2-9H,10,16H2,1H3. The van der Waals surface area contributed by atoms with Crippen molar-refractivity contribution in [1.82, 2.24) is 0 Å². The molecule has 0 heterocycles. The zero-order valence-corrected chi connectivity index (χ0v) is 9.73. The number of halogens is 1. The molecule has 0 aliphatic rings. The SMILES string of the molecule is CN(c1ccccc1F)c1ccccc1CN. The predicted molar refractivity (Wildman–Crippen MR) is 68.8 cm³/mol. The molecule has 2 aromatic carbocycles. The molecule has 0 saturated heterocycles. The van der Waals surface area contributed by atoms with Crippen LogP contribution in [0.15, 0.2) is 48.5 Å². The monoisotopic (exact) mass is 230 g/mol. The summed E-state index contributed by atoms with van der Waals surface area (Å²) in [6.45, 7) is 0.439. The Labute approximate surface area is 100 Å². The van der Waals surface area contributed by atoms with Gasteiger partial charge in [0.05, 0.1) is 5.69 Å². The van der Waals surface area contributed by atoms with E-state index in [1.807, 2.05) is 42.3 Å². The average molecular weight is 230 g/mol. The fourth-order valence-corrected chi connectivity index (χ4v) is 1.86. The fourth-order valence-electron chi connectivity index (χ4n) is 1.86. The number of rotatable bonds is 3. The maximum atomic E-state index is 13.7. The van der Waals surface area contributed by atoms with E-state index in [4.69, 9.17) is 5.73 Å². The Morgan fingerprint density at radius 2 is 1.59 bits per heavy atom. The number of anilines is 2. The number of para-hydroxylation sites is 2. The molecule has 0 amide bonds. The van der Waals surface area contributed by atoms with Crippen molar-refractivity contribution in [3.05, 3.63) is 59.9 Å². The van der Waals surface area contributed by atoms with Crippen molar-refractivity contribution in [3.8, 4) is 0 Å². The van der Waals surface area contributed by atoms with Crippen LogP contribution in [0.4, 0.5) is 15.8 Å². The van der Waals surface area contributed by atoms with E-state index in [0.717, 1.165) is 11.3 Å². The van der Waals surface area contributed by atoms with Gasteiger partial charge in [0.2, 0.25) is 0 Å². The van der Waals surface area contributed by atoms with E-state index in [1.54, 1.807) is 12.1 Å². The second kappa shape index (κ2) is 4.97. The van der Waals surface area contributed by atoms with Gasteiger partial charge in [-0.25, -0.2) is 4.39 Å². The van der Waals surface area contributed by atoms with Crippen molar-refractivity contribution >= 4 is 11.4 Å². The molecule has 0 bridgehead atoms. The van der Waals surface area contributed by atoms with Crippen molar-refractivity contribution < 1.29 is 4.39 Å². The first kappa shape index (κ1) is 11.6. The first-order chi connectivity index (χ1) is 8.24. The van der Waals surface area contributed by atoms with E-state index in [0.29, 0.717) is 12.2 Å². The van der Waals surface area contributed by atoms with E-state index in [-0.39, 0.29) is 5.82 Å². The molecule has 3 heteroatoms. The highest BCUT2D eigenvalue weighted by atomic mass is 19.1. The molecule has 88 valence electrons. The van der Waals surface area contributed by atoms with Gasteiger partial charge in [-0.05, 0) is 23.8 Å². The Morgan fingerprint density at radius 3 is 2.24 bits per heavy atom. The van der Waals surface area contributed by atoms with Crippen LogP contribution < -0.4 is 10.6 Å². The lowest BCUT2D eigenvalue weighted by atomic mass is 10.1. The van der Waals surface area contributed by atoms with Gasteiger partial charge < -0.3 is 10.6 Å². The summed E-state index contributed by atoms with van der Waals surface area (Å²) >= 11 is 0. The zero-order chi connectivity index (χ0) is 12.3. The van der Waals surface area contributed by atoms with Crippen LogP contribution in [-0.2, 0) is 6.54 Å². The quantitative estimate of drug-likeness (QED) is 0.878. The number of hydrogen-bond acceptors (Lipinski definition) is 2. The Kier molecular flexibility index (Phi) is 3.40. The molecule has 0 fully saturated rings. The lowest BCUT2D eigenvalue weighted by Gasteiger charge is -2.22. The third kappa shape index (κ3) is 2.29. The summed E-state index contributed by atoms with van der Waals surface area (Å²) in [6.07, 6.45) is 0. The van der Waals surface area contributed by atoms with Crippen molar-refractivity contribution in [2.45, 2.75) is 6.54 Å². The van der Waals surface area contributed by atoms with Crippen molar-refractivity contribution in [3.63, 3.8) is 0 Å². The molecule has 0 aliphatic heterocycles. The van der Waals surface area contributed by atoms with Crippen molar-refractivity contribution in [1.29, 1.82) is 0 Å². The van der Waals surface area contributed by atoms with E-state index in [2.05, 4.69) is 0 Å². The minimum absolute atomic E-state index is 0.234. The van der Waals surface area contributed by atoms with Crippen LogP contribution >= 0.6 is 0 Å². The van der Waals surface area contributed by atoms with Crippen LogP contribution in [0.5, 0.6) is 0 Å². The Morgan fingerprint density at radius 1 is 1.00 bits per heavy atom. The molecule has 0 atom stereocenters. The normalized spacial score (nSPS) is 10.3. The predicted octanol–water partition coefficient (Wildman–Crippen LogP) is 3.05. The molecule has 2 aromatic rings. The number of hydrogen-bond donors (Lipinski definition) is 1. The highest BCUT2D eigenvalue weighted by molar-refractivity contribution is 5.66. The van der Waals surface area contributed by atoms with Gasteiger partial charge >= 0.3 is 0 Å². The molecule has 2 rings (SSSR count). The second-order valence-corrected chi connectivity index (χ2v) is 3.84. The lowest BCUT2D eigenvalue weighted by molar-refractivity contribution is 0.627. The Balaban J connectivity index is 2.44. The van der Waals surface area contributed by atoms with Gasteiger partial charge in [0.25, 0.3) is 0 Å². The fraction of sp³-hybridized carbons (Fsp3) is 0.143. The third-order valence-corrected chi connectivity index (χ3v) is 2.79. The minimum Gasteiger partial charge on any atom is -0.342 e. The first-order valence-corrected chi connectivity index (χ1v) is 5.50. The summed E-state index contributed by atoms with van der Waals surface area (Å²) < 4.78 is 13.7.